The van der Waals surface area contributed by atoms with E-state index in [0.717, 1.165) is 131 Å². The third-order valence-corrected chi connectivity index (χ3v) is 19.5. The number of nitrogens with zero attached hydrogens (tertiary/aromatic N) is 9. The van der Waals surface area contributed by atoms with E-state index in [9.17, 15) is 41.9 Å². The van der Waals surface area contributed by atoms with Crippen molar-refractivity contribution in [3.63, 3.8) is 0 Å². The number of ether oxygens (including phenoxy) is 3. The largest absolute Gasteiger partial charge is 0.450 e. The molecule has 3 aromatic carbocycles. The molecule has 85 heavy (non-hydrogen) atoms. The van der Waals surface area contributed by atoms with Crippen molar-refractivity contribution < 1.29 is 56.1 Å². The molecule has 0 aromatic heterocycles. The summed E-state index contributed by atoms with van der Waals surface area (Å²) in [6.45, 7) is 22.6. The van der Waals surface area contributed by atoms with E-state index in [-0.39, 0.29) is 95.6 Å². The van der Waals surface area contributed by atoms with E-state index in [1.165, 1.54) is 36.4 Å². The van der Waals surface area contributed by atoms with Gasteiger partial charge in [-0.25, -0.2) is 27.6 Å². The Bertz CT molecular complexity index is 2640. The number of likely N-dealkylation sites (tertiary alicyclic amines) is 6. The maximum Gasteiger partial charge on any atom is 0.409 e. The van der Waals surface area contributed by atoms with Gasteiger partial charge in [-0.05, 0) is 152 Å². The Morgan fingerprint density at radius 3 is 0.918 bits per heavy atom. The first-order valence-electron chi connectivity index (χ1n) is 30.6. The number of fused-ring (bicyclic) bond motifs is 3. The quantitative estimate of drug-likeness (QED) is 0.188. The molecule has 0 saturated carbocycles. The summed E-state index contributed by atoms with van der Waals surface area (Å²) in [6, 6.07) is 14.2. The molecule has 0 N–H and O–H groups in total. The molecule has 3 unspecified atom stereocenters. The lowest BCUT2D eigenvalue weighted by Crippen LogP contribution is -2.55. The molecule has 9 aliphatic rings. The standard InChI is InChI=1S/3C21H28FN3O3.CH4/c3*1-3-28-20(27)23-11-8-21(2,14-23)24-9-6-17(7-10-24)25-18-13-16(22)5-4-15(18)12-19(25)26;/h3*4-5,13,17H,3,6-12,14H2,1-2H3;1H4. The van der Waals surface area contributed by atoms with Crippen molar-refractivity contribution in [2.24, 2.45) is 0 Å². The Labute approximate surface area is 499 Å². The molecule has 0 bridgehead atoms. The maximum absolute atomic E-state index is 13.7. The van der Waals surface area contributed by atoms with Gasteiger partial charge in [-0.1, -0.05) is 25.6 Å². The highest BCUT2D eigenvalue weighted by Crippen LogP contribution is 2.41. The Balaban J connectivity index is 0.000000152. The zero-order chi connectivity index (χ0) is 59.7. The van der Waals surface area contributed by atoms with Crippen LogP contribution in [0, 0.1) is 17.5 Å². The zero-order valence-corrected chi connectivity index (χ0v) is 49.9. The molecule has 6 fully saturated rings. The second kappa shape index (κ2) is 26.3. The Morgan fingerprint density at radius 2 is 0.682 bits per heavy atom. The first kappa shape index (κ1) is 63.1. The van der Waals surface area contributed by atoms with Gasteiger partial charge in [0, 0.05) is 113 Å². The van der Waals surface area contributed by atoms with Gasteiger partial charge < -0.3 is 43.6 Å². The summed E-state index contributed by atoms with van der Waals surface area (Å²) in [5.74, 6) is -0.686. The number of carbonyl (C=O) groups excluding carboxylic acids is 6. The zero-order valence-electron chi connectivity index (χ0n) is 49.9. The number of halogens is 3. The number of hydrogen-bond donors (Lipinski definition) is 0. The molecule has 0 aliphatic carbocycles. The van der Waals surface area contributed by atoms with Crippen molar-refractivity contribution in [1.29, 1.82) is 0 Å². The molecule has 9 heterocycles. The van der Waals surface area contributed by atoms with Crippen molar-refractivity contribution in [3.05, 3.63) is 88.7 Å². The van der Waals surface area contributed by atoms with Crippen LogP contribution in [0.25, 0.3) is 0 Å². The monoisotopic (exact) mass is 1180 g/mol. The number of piperidine rings is 3. The van der Waals surface area contributed by atoms with Crippen LogP contribution in [0.15, 0.2) is 54.6 Å². The summed E-state index contributed by atoms with van der Waals surface area (Å²) in [7, 11) is 0. The van der Waals surface area contributed by atoms with E-state index in [4.69, 9.17) is 14.2 Å². The van der Waals surface area contributed by atoms with E-state index in [2.05, 4.69) is 35.5 Å². The second-order valence-corrected chi connectivity index (χ2v) is 24.9. The van der Waals surface area contributed by atoms with Crippen LogP contribution in [0.2, 0.25) is 0 Å². The molecule has 464 valence electrons. The van der Waals surface area contributed by atoms with Gasteiger partial charge in [-0.3, -0.25) is 29.1 Å². The first-order valence-corrected chi connectivity index (χ1v) is 30.6. The van der Waals surface area contributed by atoms with E-state index >= 15 is 0 Å². The predicted octanol–water partition coefficient (Wildman–Crippen LogP) is 9.04. The highest BCUT2D eigenvalue weighted by atomic mass is 19.1. The molecule has 21 heteroatoms. The van der Waals surface area contributed by atoms with Crippen molar-refractivity contribution in [1.82, 2.24) is 29.4 Å². The highest BCUT2D eigenvalue weighted by Gasteiger charge is 2.48. The molecule has 9 aliphatic heterocycles. The van der Waals surface area contributed by atoms with Gasteiger partial charge in [0.05, 0.1) is 56.1 Å². The number of benzene rings is 3. The third kappa shape index (κ3) is 13.3. The highest BCUT2D eigenvalue weighted by molar-refractivity contribution is 6.03. The van der Waals surface area contributed by atoms with Crippen molar-refractivity contribution in [2.45, 2.75) is 161 Å². The molecule has 0 spiro atoms. The van der Waals surface area contributed by atoms with Crippen molar-refractivity contribution in [3.8, 4) is 0 Å². The Hall–Kier alpha value is -6.45. The minimum absolute atomic E-state index is 0. The van der Waals surface area contributed by atoms with E-state index < -0.39 is 0 Å². The van der Waals surface area contributed by atoms with Gasteiger partial charge in [0.2, 0.25) is 17.7 Å². The number of amides is 6. The fourth-order valence-corrected chi connectivity index (χ4v) is 14.8. The first-order chi connectivity index (χ1) is 40.2. The average Bonchev–Trinajstić information content (AvgIpc) is 2.31. The van der Waals surface area contributed by atoms with E-state index in [1.807, 2.05) is 35.5 Å². The molecule has 3 atom stereocenters. The summed E-state index contributed by atoms with van der Waals surface area (Å²) >= 11 is 0. The molecule has 0 radical (unpaired) electrons. The lowest BCUT2D eigenvalue weighted by atomic mass is 9.93. The summed E-state index contributed by atoms with van der Waals surface area (Å²) in [5.41, 5.74) is 4.80. The van der Waals surface area contributed by atoms with Gasteiger partial charge in [0.25, 0.3) is 0 Å². The van der Waals surface area contributed by atoms with Gasteiger partial charge in [0.15, 0.2) is 0 Å². The van der Waals surface area contributed by atoms with Crippen LogP contribution in [0.5, 0.6) is 0 Å². The van der Waals surface area contributed by atoms with Gasteiger partial charge in [0.1, 0.15) is 17.5 Å². The summed E-state index contributed by atoms with van der Waals surface area (Å²) in [4.78, 5) is 91.9. The minimum atomic E-state index is -0.298. The summed E-state index contributed by atoms with van der Waals surface area (Å²) in [6.07, 6.45) is 8.31. The van der Waals surface area contributed by atoms with E-state index in [0.29, 0.717) is 78.4 Å². The van der Waals surface area contributed by atoms with Crippen LogP contribution < -0.4 is 14.7 Å². The van der Waals surface area contributed by atoms with Gasteiger partial charge in [-0.15, -0.1) is 0 Å². The molecule has 6 saturated heterocycles. The predicted molar refractivity (Wildman–Crippen MR) is 318 cm³/mol. The lowest BCUT2D eigenvalue weighted by molar-refractivity contribution is -0.118. The van der Waals surface area contributed by atoms with Crippen molar-refractivity contribution >= 4 is 53.1 Å². The fourth-order valence-electron chi connectivity index (χ4n) is 14.8. The summed E-state index contributed by atoms with van der Waals surface area (Å²) < 4.78 is 56.6. The van der Waals surface area contributed by atoms with Crippen LogP contribution in [-0.4, -0.2) is 199 Å². The number of anilines is 3. The average molecular weight is 1180 g/mol. The molecule has 3 aromatic rings. The van der Waals surface area contributed by atoms with Crippen LogP contribution in [0.1, 0.15) is 123 Å². The number of rotatable bonds is 9. The molecular formula is C64H88F3N9O9. The van der Waals surface area contributed by atoms with Crippen LogP contribution >= 0.6 is 0 Å². The Kier molecular flexibility index (Phi) is 19.5. The Morgan fingerprint density at radius 1 is 0.435 bits per heavy atom. The van der Waals surface area contributed by atoms with Crippen LogP contribution in [0.3, 0.4) is 0 Å². The van der Waals surface area contributed by atoms with Crippen LogP contribution in [0.4, 0.5) is 44.6 Å². The normalized spacial score (nSPS) is 25.7. The van der Waals surface area contributed by atoms with Gasteiger partial charge in [-0.2, -0.15) is 0 Å². The van der Waals surface area contributed by atoms with Crippen molar-refractivity contribution in [2.75, 3.05) is 113 Å². The summed E-state index contributed by atoms with van der Waals surface area (Å²) in [5, 5.41) is 0. The minimum Gasteiger partial charge on any atom is -0.450 e. The second-order valence-electron chi connectivity index (χ2n) is 24.9. The lowest BCUT2D eigenvalue weighted by Gasteiger charge is -2.44. The topological polar surface area (TPSA) is 159 Å². The van der Waals surface area contributed by atoms with E-state index in [1.54, 1.807) is 32.9 Å². The van der Waals surface area contributed by atoms with Crippen LogP contribution in [-0.2, 0) is 47.9 Å². The maximum atomic E-state index is 13.7. The fraction of sp³-hybridized carbons (Fsp3) is 0.625. The number of hydrogen-bond acceptors (Lipinski definition) is 12. The molecule has 12 rings (SSSR count). The third-order valence-electron chi connectivity index (χ3n) is 19.5. The molecular weight excluding hydrogens is 1100 g/mol. The smallest absolute Gasteiger partial charge is 0.409 e. The SMILES string of the molecule is C.CCOC(=O)N1CCC(C)(N2CCC(N3C(=O)Cc4ccc(F)cc43)CC2)C1.CCOC(=O)N1CCC(C)(N2CCC(N3C(=O)Cc4ccc(F)cc43)CC2)C1.CCOC(=O)N1CCC(C)(N2CCC(N3C(=O)Cc4ccc(F)cc43)CC2)C1. The van der Waals surface area contributed by atoms with Gasteiger partial charge >= 0.3 is 18.3 Å². The number of carbonyl (C=O) groups is 6. The molecule has 18 nitrogen and oxygen atoms in total. The molecule has 6 amide bonds.